The molecule has 0 saturated carbocycles. The van der Waals surface area contributed by atoms with Gasteiger partial charge in [-0.3, -0.25) is 9.69 Å². The molecule has 0 bridgehead atoms. The number of likely N-dealkylation sites (N-methyl/N-ethyl adjacent to an activating group) is 1. The Hall–Kier alpha value is -2.64. The molecule has 1 N–H and O–H groups in total. The van der Waals surface area contributed by atoms with E-state index in [2.05, 4.69) is 56.4 Å². The van der Waals surface area contributed by atoms with Gasteiger partial charge in [-0.1, -0.05) is 57.2 Å². The molecule has 0 heterocycles. The Morgan fingerprint density at radius 1 is 1.04 bits per heavy atom. The van der Waals surface area contributed by atoms with E-state index in [9.17, 15) is 4.79 Å². The van der Waals surface area contributed by atoms with Crippen LogP contribution in [0.1, 0.15) is 37.5 Å². The van der Waals surface area contributed by atoms with Crippen LogP contribution in [0.15, 0.2) is 48.5 Å². The van der Waals surface area contributed by atoms with Gasteiger partial charge in [-0.2, -0.15) is 5.26 Å². The lowest BCUT2D eigenvalue weighted by Crippen LogP contribution is -2.29. The van der Waals surface area contributed by atoms with Crippen molar-refractivity contribution in [1.82, 2.24) is 4.90 Å². The van der Waals surface area contributed by atoms with E-state index in [-0.39, 0.29) is 11.3 Å². The number of nitrogens with zero attached hydrogens (tertiary/aromatic N) is 2. The Bertz CT molecular complexity index is 765. The maximum absolute atomic E-state index is 12.2. The number of nitriles is 1. The minimum absolute atomic E-state index is 0.0492. The Balaban J connectivity index is 1.86. The smallest absolute Gasteiger partial charge is 0.238 e. The van der Waals surface area contributed by atoms with Gasteiger partial charge in [-0.15, -0.1) is 0 Å². The van der Waals surface area contributed by atoms with Gasteiger partial charge in [0.05, 0.1) is 19.0 Å². The van der Waals surface area contributed by atoms with Crippen molar-refractivity contribution in [2.75, 3.05) is 18.9 Å². The number of rotatable bonds is 6. The zero-order valence-corrected chi connectivity index (χ0v) is 16.0. The second kappa shape index (κ2) is 8.64. The fourth-order valence-electron chi connectivity index (χ4n) is 2.72. The molecule has 2 aromatic carbocycles. The average Bonchev–Trinajstić information content (AvgIpc) is 2.56. The number of carbonyl (C=O) groups is 1. The molecule has 0 radical (unpaired) electrons. The molecule has 2 aromatic rings. The first kappa shape index (κ1) is 19.7. The number of hydrogen-bond donors (Lipinski definition) is 1. The predicted molar refractivity (Wildman–Crippen MR) is 106 cm³/mol. The van der Waals surface area contributed by atoms with Crippen LogP contribution >= 0.6 is 0 Å². The predicted octanol–water partition coefficient (Wildman–Crippen LogP) is 4.12. The molecule has 0 saturated heterocycles. The zero-order valence-electron chi connectivity index (χ0n) is 16.0. The number of carbonyl (C=O) groups excluding carboxylic acids is 1. The quantitative estimate of drug-likeness (QED) is 0.853. The van der Waals surface area contributed by atoms with Gasteiger partial charge < -0.3 is 5.32 Å². The molecule has 0 aliphatic heterocycles. The molecule has 0 fully saturated rings. The van der Waals surface area contributed by atoms with E-state index in [0.717, 1.165) is 17.8 Å². The SMILES string of the molecule is CN(CC(=O)Nc1ccc(CC#N)cc1)Cc1ccc(C(C)(C)C)cc1. The fourth-order valence-corrected chi connectivity index (χ4v) is 2.72. The molecule has 2 rings (SSSR count). The molecule has 26 heavy (non-hydrogen) atoms. The first-order valence-corrected chi connectivity index (χ1v) is 8.81. The molecule has 0 atom stereocenters. The summed E-state index contributed by atoms with van der Waals surface area (Å²) in [7, 11) is 1.94. The van der Waals surface area contributed by atoms with Crippen LogP contribution in [0, 0.1) is 11.3 Å². The molecule has 0 aromatic heterocycles. The largest absolute Gasteiger partial charge is 0.325 e. The summed E-state index contributed by atoms with van der Waals surface area (Å²) < 4.78 is 0. The zero-order chi connectivity index (χ0) is 19.2. The van der Waals surface area contributed by atoms with Crippen LogP contribution in [0.2, 0.25) is 0 Å². The highest BCUT2D eigenvalue weighted by molar-refractivity contribution is 5.92. The summed E-state index contributed by atoms with van der Waals surface area (Å²) >= 11 is 0. The molecule has 0 unspecified atom stereocenters. The third-order valence-corrected chi connectivity index (χ3v) is 4.21. The van der Waals surface area contributed by atoms with Crippen LogP contribution in [-0.4, -0.2) is 24.4 Å². The lowest BCUT2D eigenvalue weighted by molar-refractivity contribution is -0.117. The molecule has 0 aliphatic rings. The summed E-state index contributed by atoms with van der Waals surface area (Å²) in [5.41, 5.74) is 4.34. The van der Waals surface area contributed by atoms with E-state index in [1.807, 2.05) is 36.2 Å². The van der Waals surface area contributed by atoms with Gasteiger partial charge in [0.15, 0.2) is 0 Å². The van der Waals surface area contributed by atoms with E-state index in [0.29, 0.717) is 13.0 Å². The topological polar surface area (TPSA) is 56.1 Å². The summed E-state index contributed by atoms with van der Waals surface area (Å²) in [4.78, 5) is 14.2. The second-order valence-electron chi connectivity index (χ2n) is 7.70. The lowest BCUT2D eigenvalue weighted by atomic mass is 9.87. The molecule has 0 aliphatic carbocycles. The van der Waals surface area contributed by atoms with Crippen molar-refractivity contribution >= 4 is 11.6 Å². The molecule has 4 heteroatoms. The van der Waals surface area contributed by atoms with E-state index >= 15 is 0 Å². The highest BCUT2D eigenvalue weighted by Gasteiger charge is 2.13. The summed E-state index contributed by atoms with van der Waals surface area (Å²) in [5, 5.41) is 11.6. The fraction of sp³-hybridized carbons (Fsp3) is 0.364. The first-order chi connectivity index (χ1) is 12.3. The van der Waals surface area contributed by atoms with Gasteiger partial charge in [-0.05, 0) is 41.3 Å². The van der Waals surface area contributed by atoms with Gasteiger partial charge in [-0.25, -0.2) is 0 Å². The first-order valence-electron chi connectivity index (χ1n) is 8.81. The third-order valence-electron chi connectivity index (χ3n) is 4.21. The Labute approximate surface area is 156 Å². The molecule has 4 nitrogen and oxygen atoms in total. The number of benzene rings is 2. The standard InChI is InChI=1S/C22H27N3O/c1-22(2,3)19-9-5-18(6-10-19)15-25(4)16-21(26)24-20-11-7-17(8-12-20)13-14-23/h5-12H,13,15-16H2,1-4H3,(H,24,26). The van der Waals surface area contributed by atoms with E-state index < -0.39 is 0 Å². The third kappa shape index (κ3) is 6.02. The number of nitrogens with one attached hydrogen (secondary N) is 1. The molecular weight excluding hydrogens is 322 g/mol. The Morgan fingerprint density at radius 2 is 1.62 bits per heavy atom. The number of anilines is 1. The monoisotopic (exact) mass is 349 g/mol. The van der Waals surface area contributed by atoms with E-state index in [4.69, 9.17) is 5.26 Å². The van der Waals surface area contributed by atoms with Crippen LogP contribution in [0.5, 0.6) is 0 Å². The summed E-state index contributed by atoms with van der Waals surface area (Å²) in [6, 6.07) is 18.1. The van der Waals surface area contributed by atoms with Gasteiger partial charge in [0.2, 0.25) is 5.91 Å². The minimum atomic E-state index is -0.0492. The normalized spacial score (nSPS) is 11.2. The van der Waals surface area contributed by atoms with Crippen molar-refractivity contribution in [3.05, 3.63) is 65.2 Å². The van der Waals surface area contributed by atoms with Crippen LogP contribution in [-0.2, 0) is 23.2 Å². The maximum atomic E-state index is 12.2. The van der Waals surface area contributed by atoms with Crippen LogP contribution < -0.4 is 5.32 Å². The van der Waals surface area contributed by atoms with Gasteiger partial charge >= 0.3 is 0 Å². The van der Waals surface area contributed by atoms with Crippen molar-refractivity contribution < 1.29 is 4.79 Å². The highest BCUT2D eigenvalue weighted by atomic mass is 16.2. The molecule has 0 spiro atoms. The molecule has 1 amide bonds. The van der Waals surface area contributed by atoms with Crippen LogP contribution in [0.4, 0.5) is 5.69 Å². The van der Waals surface area contributed by atoms with Crippen molar-refractivity contribution in [3.8, 4) is 6.07 Å². The average molecular weight is 349 g/mol. The van der Waals surface area contributed by atoms with Crippen LogP contribution in [0.25, 0.3) is 0 Å². The van der Waals surface area contributed by atoms with Crippen molar-refractivity contribution in [3.63, 3.8) is 0 Å². The van der Waals surface area contributed by atoms with Crippen molar-refractivity contribution in [2.24, 2.45) is 0 Å². The van der Waals surface area contributed by atoms with Crippen molar-refractivity contribution in [1.29, 1.82) is 5.26 Å². The lowest BCUT2D eigenvalue weighted by Gasteiger charge is -2.20. The summed E-state index contributed by atoms with van der Waals surface area (Å²) in [5.74, 6) is -0.0492. The van der Waals surface area contributed by atoms with Crippen LogP contribution in [0.3, 0.4) is 0 Å². The molecular formula is C22H27N3O. The molecule has 136 valence electrons. The van der Waals surface area contributed by atoms with Crippen molar-refractivity contribution in [2.45, 2.75) is 39.2 Å². The number of hydrogen-bond acceptors (Lipinski definition) is 3. The minimum Gasteiger partial charge on any atom is -0.325 e. The van der Waals surface area contributed by atoms with Gasteiger partial charge in [0.25, 0.3) is 0 Å². The Kier molecular flexibility index (Phi) is 6.54. The number of amides is 1. The van der Waals surface area contributed by atoms with E-state index in [1.165, 1.54) is 11.1 Å². The van der Waals surface area contributed by atoms with Gasteiger partial charge in [0.1, 0.15) is 0 Å². The summed E-state index contributed by atoms with van der Waals surface area (Å²) in [6.45, 7) is 7.64. The second-order valence-corrected chi connectivity index (χ2v) is 7.70. The van der Waals surface area contributed by atoms with Gasteiger partial charge in [0, 0.05) is 12.2 Å². The Morgan fingerprint density at radius 3 is 2.15 bits per heavy atom. The summed E-state index contributed by atoms with van der Waals surface area (Å²) in [6.07, 6.45) is 0.380. The maximum Gasteiger partial charge on any atom is 0.238 e. The highest BCUT2D eigenvalue weighted by Crippen LogP contribution is 2.22. The van der Waals surface area contributed by atoms with E-state index in [1.54, 1.807) is 0 Å².